The van der Waals surface area contributed by atoms with Gasteiger partial charge in [-0.2, -0.15) is 0 Å². The fraction of sp³-hybridized carbons (Fsp3) is 0.250. The van der Waals surface area contributed by atoms with Crippen molar-refractivity contribution in [3.63, 3.8) is 0 Å². The van der Waals surface area contributed by atoms with Gasteiger partial charge >= 0.3 is 0 Å². The summed E-state index contributed by atoms with van der Waals surface area (Å²) in [5, 5.41) is 0. The number of benzene rings is 1. The highest BCUT2D eigenvalue weighted by molar-refractivity contribution is 5.86. The predicted molar refractivity (Wildman–Crippen MR) is 60.3 cm³/mol. The molecule has 2 heteroatoms. The first-order chi connectivity index (χ1) is 6.68. The quantitative estimate of drug-likeness (QED) is 0.662. The number of fused-ring (bicyclic) bond motifs is 1. The van der Waals surface area contributed by atoms with Crippen molar-refractivity contribution >= 4 is 11.9 Å². The topological polar surface area (TPSA) is 38.4 Å². The first-order valence-corrected chi connectivity index (χ1v) is 4.76. The van der Waals surface area contributed by atoms with Crippen LogP contribution in [0.1, 0.15) is 22.3 Å². The summed E-state index contributed by atoms with van der Waals surface area (Å²) in [6, 6.07) is 4.28. The van der Waals surface area contributed by atoms with E-state index in [4.69, 9.17) is 5.73 Å². The number of hydrogen-bond donors (Lipinski definition) is 1. The summed E-state index contributed by atoms with van der Waals surface area (Å²) in [4.78, 5) is 4.13. The third-order valence-corrected chi connectivity index (χ3v) is 2.65. The molecule has 1 aliphatic rings. The molecule has 2 nitrogen and oxygen atoms in total. The second-order valence-electron chi connectivity index (χ2n) is 3.70. The Morgan fingerprint density at radius 3 is 2.71 bits per heavy atom. The van der Waals surface area contributed by atoms with Gasteiger partial charge in [0.1, 0.15) is 5.84 Å². The Morgan fingerprint density at radius 2 is 1.93 bits per heavy atom. The maximum Gasteiger partial charge on any atom is 0.103 e. The molecule has 1 heterocycles. The molecule has 2 rings (SSSR count). The number of aryl methyl sites for hydroxylation is 2. The molecule has 1 aromatic carbocycles. The van der Waals surface area contributed by atoms with Crippen LogP contribution in [0.2, 0.25) is 0 Å². The monoisotopic (exact) mass is 186 g/mol. The van der Waals surface area contributed by atoms with Crippen molar-refractivity contribution in [1.29, 1.82) is 0 Å². The minimum Gasteiger partial charge on any atom is -0.387 e. The van der Waals surface area contributed by atoms with E-state index in [0.717, 1.165) is 6.42 Å². The predicted octanol–water partition coefficient (Wildman–Crippen LogP) is 2.19. The Hall–Kier alpha value is -1.57. The van der Waals surface area contributed by atoms with Gasteiger partial charge in [-0.3, -0.25) is 0 Å². The average Bonchev–Trinajstić information content (AvgIpc) is 2.34. The molecule has 72 valence electrons. The molecule has 0 aromatic heterocycles. The van der Waals surface area contributed by atoms with Crippen LogP contribution in [0, 0.1) is 13.8 Å². The number of hydrogen-bond acceptors (Lipinski definition) is 2. The largest absolute Gasteiger partial charge is 0.387 e. The van der Waals surface area contributed by atoms with E-state index in [1.165, 1.54) is 22.3 Å². The Kier molecular flexibility index (Phi) is 2.12. The summed E-state index contributed by atoms with van der Waals surface area (Å²) in [6.45, 7) is 4.23. The van der Waals surface area contributed by atoms with Crippen LogP contribution in [0.3, 0.4) is 0 Å². The van der Waals surface area contributed by atoms with E-state index < -0.39 is 0 Å². The molecule has 14 heavy (non-hydrogen) atoms. The van der Waals surface area contributed by atoms with Gasteiger partial charge in [-0.15, -0.1) is 0 Å². The molecular weight excluding hydrogens is 172 g/mol. The lowest BCUT2D eigenvalue weighted by Gasteiger charge is -2.10. The molecule has 1 aromatic rings. The normalized spacial score (nSPS) is 14.6. The third kappa shape index (κ3) is 1.43. The maximum atomic E-state index is 5.77. The highest BCUT2D eigenvalue weighted by atomic mass is 14.8. The number of nitrogens with zero attached hydrogens (tertiary/aromatic N) is 1. The van der Waals surface area contributed by atoms with E-state index in [1.807, 2.05) is 6.08 Å². The SMILES string of the molecule is Cc1ccc(C)c2c1C=CN=C(N)C2. The molecule has 0 atom stereocenters. The van der Waals surface area contributed by atoms with E-state index in [2.05, 4.69) is 31.0 Å². The van der Waals surface area contributed by atoms with Gasteiger partial charge in [-0.1, -0.05) is 12.1 Å². The standard InChI is InChI=1S/C12H14N2/c1-8-3-4-9(2)11-7-12(13)14-6-5-10(8)11/h3-6H,7H2,1-2H3,(H2,13,14). The molecule has 2 N–H and O–H groups in total. The molecule has 0 unspecified atom stereocenters. The summed E-state index contributed by atoms with van der Waals surface area (Å²) in [5.41, 5.74) is 10.9. The van der Waals surface area contributed by atoms with Gasteiger partial charge in [0, 0.05) is 12.6 Å². The minimum atomic E-state index is 0.689. The molecule has 0 saturated heterocycles. The van der Waals surface area contributed by atoms with Crippen LogP contribution >= 0.6 is 0 Å². The summed E-state index contributed by atoms with van der Waals surface area (Å²) >= 11 is 0. The molecule has 0 fully saturated rings. The zero-order valence-electron chi connectivity index (χ0n) is 8.54. The Labute approximate surface area is 84.2 Å². The number of nitrogens with two attached hydrogens (primary N) is 1. The first-order valence-electron chi connectivity index (χ1n) is 4.76. The fourth-order valence-electron chi connectivity index (χ4n) is 1.79. The van der Waals surface area contributed by atoms with E-state index in [9.17, 15) is 0 Å². The van der Waals surface area contributed by atoms with Crippen molar-refractivity contribution in [1.82, 2.24) is 0 Å². The minimum absolute atomic E-state index is 0.689. The lowest BCUT2D eigenvalue weighted by Crippen LogP contribution is -2.15. The van der Waals surface area contributed by atoms with Gasteiger partial charge in [0.05, 0.1) is 0 Å². The molecule has 0 amide bonds. The van der Waals surface area contributed by atoms with Crippen LogP contribution in [-0.2, 0) is 6.42 Å². The average molecular weight is 186 g/mol. The Bertz CT molecular complexity index is 428. The van der Waals surface area contributed by atoms with Crippen LogP contribution in [0.4, 0.5) is 0 Å². The van der Waals surface area contributed by atoms with E-state index in [1.54, 1.807) is 6.20 Å². The summed E-state index contributed by atoms with van der Waals surface area (Å²) in [6.07, 6.45) is 4.58. The van der Waals surface area contributed by atoms with Gasteiger partial charge in [-0.05, 0) is 42.2 Å². The number of amidine groups is 1. The molecule has 1 aliphatic heterocycles. The Balaban J connectivity index is 2.64. The van der Waals surface area contributed by atoms with Gasteiger partial charge in [0.25, 0.3) is 0 Å². The van der Waals surface area contributed by atoms with Crippen LogP contribution in [0.15, 0.2) is 23.3 Å². The lowest BCUT2D eigenvalue weighted by atomic mass is 9.95. The molecule has 0 saturated carbocycles. The number of rotatable bonds is 0. The van der Waals surface area contributed by atoms with Crippen LogP contribution in [0.25, 0.3) is 6.08 Å². The highest BCUT2D eigenvalue weighted by Crippen LogP contribution is 2.22. The zero-order chi connectivity index (χ0) is 10.1. The smallest absolute Gasteiger partial charge is 0.103 e. The summed E-state index contributed by atoms with van der Waals surface area (Å²) < 4.78 is 0. The van der Waals surface area contributed by atoms with Crippen molar-refractivity contribution in [2.75, 3.05) is 0 Å². The highest BCUT2D eigenvalue weighted by Gasteiger charge is 2.09. The van der Waals surface area contributed by atoms with Crippen molar-refractivity contribution in [3.8, 4) is 0 Å². The maximum absolute atomic E-state index is 5.77. The van der Waals surface area contributed by atoms with Crippen LogP contribution in [0.5, 0.6) is 0 Å². The van der Waals surface area contributed by atoms with Gasteiger partial charge in [0.2, 0.25) is 0 Å². The third-order valence-electron chi connectivity index (χ3n) is 2.65. The molecule has 0 radical (unpaired) electrons. The van der Waals surface area contributed by atoms with Crippen molar-refractivity contribution in [2.45, 2.75) is 20.3 Å². The molecule has 0 aliphatic carbocycles. The van der Waals surface area contributed by atoms with E-state index >= 15 is 0 Å². The lowest BCUT2D eigenvalue weighted by molar-refractivity contribution is 1.20. The van der Waals surface area contributed by atoms with E-state index in [-0.39, 0.29) is 0 Å². The van der Waals surface area contributed by atoms with Crippen molar-refractivity contribution in [3.05, 3.63) is 40.6 Å². The molecule has 0 bridgehead atoms. The molecule has 0 spiro atoms. The van der Waals surface area contributed by atoms with Crippen LogP contribution < -0.4 is 5.73 Å². The second kappa shape index (κ2) is 3.29. The van der Waals surface area contributed by atoms with Gasteiger partial charge < -0.3 is 5.73 Å². The first kappa shape index (κ1) is 9.00. The van der Waals surface area contributed by atoms with Crippen molar-refractivity contribution < 1.29 is 0 Å². The zero-order valence-corrected chi connectivity index (χ0v) is 8.54. The summed E-state index contributed by atoms with van der Waals surface area (Å²) in [5.74, 6) is 0.689. The Morgan fingerprint density at radius 1 is 1.21 bits per heavy atom. The molecular formula is C12H14N2. The fourth-order valence-corrected chi connectivity index (χ4v) is 1.79. The van der Waals surface area contributed by atoms with Crippen molar-refractivity contribution in [2.24, 2.45) is 10.7 Å². The van der Waals surface area contributed by atoms with Crippen LogP contribution in [-0.4, -0.2) is 5.84 Å². The van der Waals surface area contributed by atoms with Gasteiger partial charge in [0.15, 0.2) is 0 Å². The number of aliphatic imine (C=N–C) groups is 1. The second-order valence-corrected chi connectivity index (χ2v) is 3.70. The van der Waals surface area contributed by atoms with Gasteiger partial charge in [-0.25, -0.2) is 4.99 Å². The van der Waals surface area contributed by atoms with E-state index in [0.29, 0.717) is 5.84 Å². The summed E-state index contributed by atoms with van der Waals surface area (Å²) in [7, 11) is 0.